The lowest BCUT2D eigenvalue weighted by Gasteiger charge is -2.05. The Bertz CT molecular complexity index is 1170. The van der Waals surface area contributed by atoms with Gasteiger partial charge in [0, 0.05) is 18.2 Å². The van der Waals surface area contributed by atoms with Crippen LogP contribution in [0.1, 0.15) is 26.3 Å². The lowest BCUT2D eigenvalue weighted by Crippen LogP contribution is -2.08. The molecule has 29 heavy (non-hydrogen) atoms. The van der Waals surface area contributed by atoms with Gasteiger partial charge in [-0.05, 0) is 35.9 Å². The Labute approximate surface area is 165 Å². The van der Waals surface area contributed by atoms with Gasteiger partial charge >= 0.3 is 5.97 Å². The molecular weight excluding hydrogens is 374 g/mol. The molecular formula is C22H13NO6. The van der Waals surface area contributed by atoms with Crippen LogP contribution in [0.2, 0.25) is 0 Å². The molecule has 0 N–H and O–H groups in total. The number of ketones is 1. The molecule has 0 amide bonds. The van der Waals surface area contributed by atoms with Gasteiger partial charge in [-0.3, -0.25) is 14.9 Å². The van der Waals surface area contributed by atoms with E-state index in [2.05, 4.69) is 0 Å². The highest BCUT2D eigenvalue weighted by Gasteiger charge is 2.28. The summed E-state index contributed by atoms with van der Waals surface area (Å²) < 4.78 is 10.9. The summed E-state index contributed by atoms with van der Waals surface area (Å²) in [7, 11) is 0. The number of carbonyl (C=O) groups is 2. The Morgan fingerprint density at radius 1 is 1.00 bits per heavy atom. The Hall–Kier alpha value is -4.26. The van der Waals surface area contributed by atoms with Crippen LogP contribution in [0.4, 0.5) is 5.69 Å². The number of Topliss-reactive ketones (excluding diaryl/α,β-unsaturated/α-hetero) is 1. The minimum Gasteiger partial charge on any atom is -0.452 e. The summed E-state index contributed by atoms with van der Waals surface area (Å²) in [5.74, 6) is -0.353. The minimum absolute atomic E-state index is 0.0343. The van der Waals surface area contributed by atoms with Crippen LogP contribution in [0.5, 0.6) is 11.5 Å². The fourth-order valence-electron chi connectivity index (χ4n) is 2.85. The van der Waals surface area contributed by atoms with Crippen molar-refractivity contribution in [2.24, 2.45) is 0 Å². The third kappa shape index (κ3) is 3.74. The van der Waals surface area contributed by atoms with Gasteiger partial charge in [-0.1, -0.05) is 30.3 Å². The molecule has 0 radical (unpaired) electrons. The van der Waals surface area contributed by atoms with Gasteiger partial charge in [-0.2, -0.15) is 0 Å². The number of nitro groups is 1. The first kappa shape index (κ1) is 18.1. The number of rotatable bonds is 4. The zero-order chi connectivity index (χ0) is 20.4. The van der Waals surface area contributed by atoms with Crippen molar-refractivity contribution in [3.05, 3.63) is 105 Å². The number of benzene rings is 3. The Kier molecular flexibility index (Phi) is 4.62. The second-order valence-electron chi connectivity index (χ2n) is 6.21. The zero-order valence-electron chi connectivity index (χ0n) is 14.9. The number of carbonyl (C=O) groups excluding carboxylic acids is 2. The number of nitro benzene ring substituents is 1. The molecule has 0 saturated heterocycles. The molecule has 0 unspecified atom stereocenters. The second-order valence-corrected chi connectivity index (χ2v) is 6.21. The van der Waals surface area contributed by atoms with Crippen LogP contribution in [0.25, 0.3) is 6.08 Å². The molecule has 0 bridgehead atoms. The maximum Gasteiger partial charge on any atom is 0.343 e. The highest BCUT2D eigenvalue weighted by Crippen LogP contribution is 2.35. The summed E-state index contributed by atoms with van der Waals surface area (Å²) >= 11 is 0. The molecule has 0 saturated carbocycles. The van der Waals surface area contributed by atoms with Gasteiger partial charge < -0.3 is 9.47 Å². The smallest absolute Gasteiger partial charge is 0.343 e. The first-order chi connectivity index (χ1) is 14.0. The van der Waals surface area contributed by atoms with Crippen molar-refractivity contribution in [1.29, 1.82) is 0 Å². The van der Waals surface area contributed by atoms with Crippen LogP contribution in [0, 0.1) is 10.1 Å². The number of ether oxygens (including phenoxy) is 2. The average molecular weight is 387 g/mol. The van der Waals surface area contributed by atoms with E-state index in [0.29, 0.717) is 16.7 Å². The molecule has 3 aromatic carbocycles. The number of fused-ring (bicyclic) bond motifs is 1. The number of hydrogen-bond acceptors (Lipinski definition) is 6. The van der Waals surface area contributed by atoms with E-state index >= 15 is 0 Å². The van der Waals surface area contributed by atoms with Gasteiger partial charge in [-0.15, -0.1) is 0 Å². The van der Waals surface area contributed by atoms with Gasteiger partial charge in [0.15, 0.2) is 5.76 Å². The van der Waals surface area contributed by atoms with Crippen molar-refractivity contribution < 1.29 is 24.0 Å². The monoisotopic (exact) mass is 387 g/mol. The first-order valence-electron chi connectivity index (χ1n) is 8.61. The van der Waals surface area contributed by atoms with Crippen LogP contribution in [0.15, 0.2) is 78.6 Å². The van der Waals surface area contributed by atoms with E-state index in [4.69, 9.17) is 9.47 Å². The molecule has 0 fully saturated rings. The highest BCUT2D eigenvalue weighted by molar-refractivity contribution is 6.14. The third-order valence-electron chi connectivity index (χ3n) is 4.24. The number of non-ortho nitro benzene ring substituents is 1. The predicted octanol–water partition coefficient (Wildman–Crippen LogP) is 4.43. The van der Waals surface area contributed by atoms with Crippen LogP contribution < -0.4 is 9.47 Å². The minimum atomic E-state index is -0.526. The van der Waals surface area contributed by atoms with E-state index in [1.807, 2.05) is 0 Å². The molecule has 0 spiro atoms. The zero-order valence-corrected chi connectivity index (χ0v) is 14.9. The Morgan fingerprint density at radius 3 is 2.55 bits per heavy atom. The van der Waals surface area contributed by atoms with Crippen LogP contribution in [-0.4, -0.2) is 16.7 Å². The van der Waals surface area contributed by atoms with Gasteiger partial charge in [0.2, 0.25) is 5.78 Å². The van der Waals surface area contributed by atoms with Crippen molar-refractivity contribution in [3.63, 3.8) is 0 Å². The molecule has 4 rings (SSSR count). The van der Waals surface area contributed by atoms with Crippen molar-refractivity contribution in [1.82, 2.24) is 0 Å². The van der Waals surface area contributed by atoms with Crippen molar-refractivity contribution in [2.75, 3.05) is 0 Å². The average Bonchev–Trinajstić information content (AvgIpc) is 3.03. The van der Waals surface area contributed by atoms with Gasteiger partial charge in [0.1, 0.15) is 11.5 Å². The fourth-order valence-corrected chi connectivity index (χ4v) is 2.85. The SMILES string of the molecule is O=C(Oc1ccc2c(c1)OC(=Cc1cccc([N+](=O)[O-])c1)C2=O)c1ccccc1. The standard InChI is InChI=1S/C22H13NO6/c24-21-18-10-9-17(28-22(25)15-6-2-1-3-7-15)13-19(18)29-20(21)12-14-5-4-8-16(11-14)23(26)27/h1-13H. The molecule has 7 heteroatoms. The van der Waals surface area contributed by atoms with Gasteiger partial charge in [-0.25, -0.2) is 4.79 Å². The van der Waals surface area contributed by atoms with Crippen molar-refractivity contribution >= 4 is 23.5 Å². The largest absolute Gasteiger partial charge is 0.452 e. The topological polar surface area (TPSA) is 95.7 Å². The van der Waals surface area contributed by atoms with E-state index in [9.17, 15) is 19.7 Å². The number of nitrogens with zero attached hydrogens (tertiary/aromatic N) is 1. The maximum atomic E-state index is 12.5. The van der Waals surface area contributed by atoms with E-state index in [1.54, 1.807) is 36.4 Å². The number of esters is 1. The molecule has 142 valence electrons. The Morgan fingerprint density at radius 2 is 1.79 bits per heavy atom. The van der Waals surface area contributed by atoms with E-state index in [1.165, 1.54) is 42.5 Å². The quantitative estimate of drug-likeness (QED) is 0.216. The lowest BCUT2D eigenvalue weighted by molar-refractivity contribution is -0.384. The lowest BCUT2D eigenvalue weighted by atomic mass is 10.1. The molecule has 0 aliphatic carbocycles. The number of hydrogen-bond donors (Lipinski definition) is 0. The highest BCUT2D eigenvalue weighted by atomic mass is 16.6. The molecule has 1 aliphatic rings. The van der Waals surface area contributed by atoms with Crippen LogP contribution >= 0.6 is 0 Å². The maximum absolute atomic E-state index is 12.5. The van der Waals surface area contributed by atoms with Crippen LogP contribution in [0.3, 0.4) is 0 Å². The predicted molar refractivity (Wildman–Crippen MR) is 104 cm³/mol. The van der Waals surface area contributed by atoms with Crippen molar-refractivity contribution in [3.8, 4) is 11.5 Å². The molecule has 1 aliphatic heterocycles. The Balaban J connectivity index is 1.56. The summed E-state index contributed by atoms with van der Waals surface area (Å²) in [5.41, 5.74) is 1.10. The summed E-state index contributed by atoms with van der Waals surface area (Å²) in [4.78, 5) is 35.1. The normalized spacial score (nSPS) is 13.7. The molecule has 0 aromatic heterocycles. The molecule has 7 nitrogen and oxygen atoms in total. The van der Waals surface area contributed by atoms with E-state index < -0.39 is 10.9 Å². The second kappa shape index (κ2) is 7.40. The van der Waals surface area contributed by atoms with Gasteiger partial charge in [0.05, 0.1) is 16.1 Å². The van der Waals surface area contributed by atoms with Gasteiger partial charge in [0.25, 0.3) is 5.69 Å². The third-order valence-corrected chi connectivity index (χ3v) is 4.24. The van der Waals surface area contributed by atoms with E-state index in [0.717, 1.165) is 0 Å². The summed E-state index contributed by atoms with van der Waals surface area (Å²) in [5, 5.41) is 10.9. The molecule has 3 aromatic rings. The summed E-state index contributed by atoms with van der Waals surface area (Å²) in [6, 6.07) is 18.9. The van der Waals surface area contributed by atoms with Crippen LogP contribution in [-0.2, 0) is 0 Å². The fraction of sp³-hybridized carbons (Fsp3) is 0. The summed E-state index contributed by atoms with van der Waals surface area (Å²) in [6.07, 6.45) is 1.44. The summed E-state index contributed by atoms with van der Waals surface area (Å²) in [6.45, 7) is 0. The number of allylic oxidation sites excluding steroid dienone is 1. The van der Waals surface area contributed by atoms with E-state index in [-0.39, 0.29) is 28.7 Å². The first-order valence-corrected chi connectivity index (χ1v) is 8.61. The molecule has 1 heterocycles. The van der Waals surface area contributed by atoms with Crippen molar-refractivity contribution in [2.45, 2.75) is 0 Å². The molecule has 0 atom stereocenters.